The molecule has 8 nitrogen and oxygen atoms in total. The van der Waals surface area contributed by atoms with Crippen LogP contribution in [0.3, 0.4) is 0 Å². The molecular weight excluding hydrogens is 398 g/mol. The number of hydrogen-bond acceptors (Lipinski definition) is 5. The number of benzene rings is 2. The summed E-state index contributed by atoms with van der Waals surface area (Å²) in [6.45, 7) is 2.24. The standard InChI is InChI=1S/C23H23N3O5/c27-19-4-1-15(13-20(19)28)23(5-6-23)22(30)24-16-2-3-17-14(11-16)12-18(25-17)21(29)26-7-9-31-10-8-26/h1-4,11-13,25,27-28H,5-10H2,(H,24,30). The number of nitrogens with one attached hydrogen (secondary N) is 2. The fourth-order valence-corrected chi connectivity index (χ4v) is 4.11. The number of morpholine rings is 1. The number of ether oxygens (including phenoxy) is 1. The van der Waals surface area contributed by atoms with E-state index >= 15 is 0 Å². The van der Waals surface area contributed by atoms with Crippen LogP contribution in [0.2, 0.25) is 0 Å². The van der Waals surface area contributed by atoms with Gasteiger partial charge in [0.1, 0.15) is 5.69 Å². The summed E-state index contributed by atoms with van der Waals surface area (Å²) < 4.78 is 5.30. The number of aromatic hydroxyl groups is 2. The largest absolute Gasteiger partial charge is 0.504 e. The average Bonchev–Trinajstić information content (AvgIpc) is 3.49. The van der Waals surface area contributed by atoms with Crippen molar-refractivity contribution in [1.29, 1.82) is 0 Å². The highest BCUT2D eigenvalue weighted by Gasteiger charge is 2.51. The fourth-order valence-electron chi connectivity index (χ4n) is 4.11. The number of phenols is 2. The van der Waals surface area contributed by atoms with E-state index in [0.717, 1.165) is 10.9 Å². The minimum Gasteiger partial charge on any atom is -0.504 e. The zero-order valence-corrected chi connectivity index (χ0v) is 16.9. The molecule has 2 aliphatic rings. The van der Waals surface area contributed by atoms with Crippen molar-refractivity contribution in [3.63, 3.8) is 0 Å². The molecular formula is C23H23N3O5. The maximum absolute atomic E-state index is 13.0. The van der Waals surface area contributed by atoms with Crippen LogP contribution >= 0.6 is 0 Å². The first kappa shape index (κ1) is 19.4. The number of rotatable bonds is 4. The summed E-state index contributed by atoms with van der Waals surface area (Å²) in [5.41, 5.74) is 1.95. The zero-order chi connectivity index (χ0) is 21.6. The number of amides is 2. The van der Waals surface area contributed by atoms with E-state index in [-0.39, 0.29) is 23.3 Å². The Labute approximate surface area is 178 Å². The molecule has 1 aliphatic carbocycles. The van der Waals surface area contributed by atoms with E-state index in [1.54, 1.807) is 23.1 Å². The van der Waals surface area contributed by atoms with E-state index in [9.17, 15) is 19.8 Å². The van der Waals surface area contributed by atoms with Gasteiger partial charge >= 0.3 is 0 Å². The third-order valence-electron chi connectivity index (χ3n) is 6.12. The Morgan fingerprint density at radius 2 is 1.77 bits per heavy atom. The molecule has 1 aliphatic heterocycles. The van der Waals surface area contributed by atoms with Gasteiger partial charge in [0.25, 0.3) is 5.91 Å². The number of carbonyl (C=O) groups is 2. The van der Waals surface area contributed by atoms with Crippen molar-refractivity contribution in [3.8, 4) is 11.5 Å². The van der Waals surface area contributed by atoms with E-state index in [0.29, 0.717) is 56.1 Å². The lowest BCUT2D eigenvalue weighted by molar-refractivity contribution is -0.118. The number of carbonyl (C=O) groups excluding carboxylic acids is 2. The lowest BCUT2D eigenvalue weighted by atomic mass is 9.94. The lowest BCUT2D eigenvalue weighted by Crippen LogP contribution is -2.40. The highest BCUT2D eigenvalue weighted by atomic mass is 16.5. The predicted octanol–water partition coefficient (Wildman–Crippen LogP) is 2.72. The molecule has 5 rings (SSSR count). The maximum atomic E-state index is 13.0. The maximum Gasteiger partial charge on any atom is 0.270 e. The molecule has 0 radical (unpaired) electrons. The van der Waals surface area contributed by atoms with Gasteiger partial charge in [-0.25, -0.2) is 0 Å². The molecule has 2 amide bonds. The van der Waals surface area contributed by atoms with Crippen LogP contribution < -0.4 is 5.32 Å². The van der Waals surface area contributed by atoms with E-state index in [2.05, 4.69) is 10.3 Å². The van der Waals surface area contributed by atoms with Crippen molar-refractivity contribution in [1.82, 2.24) is 9.88 Å². The number of aromatic amines is 1. The summed E-state index contributed by atoms with van der Waals surface area (Å²) in [7, 11) is 0. The van der Waals surface area contributed by atoms with E-state index < -0.39 is 5.41 Å². The molecule has 0 spiro atoms. The second kappa shape index (κ2) is 7.31. The molecule has 1 saturated heterocycles. The molecule has 1 saturated carbocycles. The summed E-state index contributed by atoms with van der Waals surface area (Å²) in [4.78, 5) is 30.6. The summed E-state index contributed by atoms with van der Waals surface area (Å²) in [5, 5.41) is 23.1. The normalized spacial score (nSPS) is 17.5. The molecule has 160 valence electrons. The van der Waals surface area contributed by atoms with Crippen LogP contribution in [0.15, 0.2) is 42.5 Å². The molecule has 2 aromatic carbocycles. The summed E-state index contributed by atoms with van der Waals surface area (Å²) in [6, 6.07) is 11.8. The van der Waals surface area contributed by atoms with E-state index in [1.807, 2.05) is 12.1 Å². The number of fused-ring (bicyclic) bond motifs is 1. The Bertz CT molecular complexity index is 1180. The van der Waals surface area contributed by atoms with Crippen LogP contribution in [0.25, 0.3) is 10.9 Å². The molecule has 2 fully saturated rings. The van der Waals surface area contributed by atoms with Crippen LogP contribution in [0, 0.1) is 0 Å². The molecule has 4 N–H and O–H groups in total. The molecule has 3 aromatic rings. The van der Waals surface area contributed by atoms with Crippen molar-refractivity contribution in [2.45, 2.75) is 18.3 Å². The quantitative estimate of drug-likeness (QED) is 0.484. The van der Waals surface area contributed by atoms with Crippen LogP contribution in [0.5, 0.6) is 11.5 Å². The first-order valence-corrected chi connectivity index (χ1v) is 10.3. The van der Waals surface area contributed by atoms with Crippen molar-refractivity contribution in [2.75, 3.05) is 31.6 Å². The SMILES string of the molecule is O=C(c1cc2cc(NC(=O)C3(c4ccc(O)c(O)c4)CC3)ccc2[nH]1)N1CCOCC1. The molecule has 1 aromatic heterocycles. The van der Waals surface area contributed by atoms with Crippen molar-refractivity contribution >= 4 is 28.4 Å². The average molecular weight is 421 g/mol. The Hall–Kier alpha value is -3.52. The van der Waals surface area contributed by atoms with Gasteiger partial charge in [-0.05, 0) is 54.8 Å². The summed E-state index contributed by atoms with van der Waals surface area (Å²) in [5.74, 6) is -0.658. The van der Waals surface area contributed by atoms with Crippen LogP contribution in [0.1, 0.15) is 28.9 Å². The van der Waals surface area contributed by atoms with Gasteiger partial charge in [0, 0.05) is 29.7 Å². The zero-order valence-electron chi connectivity index (χ0n) is 16.9. The Morgan fingerprint density at radius 3 is 2.48 bits per heavy atom. The van der Waals surface area contributed by atoms with Gasteiger partial charge in [-0.2, -0.15) is 0 Å². The Kier molecular flexibility index (Phi) is 4.59. The highest BCUT2D eigenvalue weighted by Crippen LogP contribution is 2.50. The number of anilines is 1. The topological polar surface area (TPSA) is 115 Å². The van der Waals surface area contributed by atoms with Crippen molar-refractivity contribution in [3.05, 3.63) is 53.7 Å². The number of H-pyrrole nitrogens is 1. The first-order chi connectivity index (χ1) is 15.0. The highest BCUT2D eigenvalue weighted by molar-refractivity contribution is 6.03. The smallest absolute Gasteiger partial charge is 0.270 e. The molecule has 2 heterocycles. The Balaban J connectivity index is 1.35. The monoisotopic (exact) mass is 421 g/mol. The van der Waals surface area contributed by atoms with Gasteiger partial charge in [0.05, 0.1) is 18.6 Å². The molecule has 0 bridgehead atoms. The number of phenolic OH excluding ortho intramolecular Hbond substituents is 2. The number of aromatic nitrogens is 1. The first-order valence-electron chi connectivity index (χ1n) is 10.3. The van der Waals surface area contributed by atoms with Crippen LogP contribution in [0.4, 0.5) is 5.69 Å². The number of nitrogens with zero attached hydrogens (tertiary/aromatic N) is 1. The lowest BCUT2D eigenvalue weighted by Gasteiger charge is -2.26. The predicted molar refractivity (Wildman–Crippen MR) is 114 cm³/mol. The van der Waals surface area contributed by atoms with Gasteiger partial charge in [0.2, 0.25) is 5.91 Å². The minimum atomic E-state index is -0.699. The fraction of sp³-hybridized carbons (Fsp3) is 0.304. The summed E-state index contributed by atoms with van der Waals surface area (Å²) in [6.07, 6.45) is 1.35. The van der Waals surface area contributed by atoms with Gasteiger partial charge < -0.3 is 30.2 Å². The third-order valence-corrected chi connectivity index (χ3v) is 6.12. The second-order valence-corrected chi connectivity index (χ2v) is 8.13. The molecule has 0 atom stereocenters. The van der Waals surface area contributed by atoms with Crippen LogP contribution in [-0.4, -0.2) is 58.2 Å². The van der Waals surface area contributed by atoms with E-state index in [4.69, 9.17) is 4.74 Å². The molecule has 0 unspecified atom stereocenters. The van der Waals surface area contributed by atoms with E-state index in [1.165, 1.54) is 12.1 Å². The molecule has 31 heavy (non-hydrogen) atoms. The molecule has 8 heteroatoms. The van der Waals surface area contributed by atoms with Gasteiger partial charge in [-0.15, -0.1) is 0 Å². The van der Waals surface area contributed by atoms with Gasteiger partial charge in [-0.1, -0.05) is 6.07 Å². The van der Waals surface area contributed by atoms with Crippen molar-refractivity contribution < 1.29 is 24.5 Å². The Morgan fingerprint density at radius 1 is 1.00 bits per heavy atom. The van der Waals surface area contributed by atoms with Gasteiger partial charge in [-0.3, -0.25) is 9.59 Å². The third kappa shape index (κ3) is 3.48. The minimum absolute atomic E-state index is 0.0610. The van der Waals surface area contributed by atoms with Gasteiger partial charge in [0.15, 0.2) is 11.5 Å². The van der Waals surface area contributed by atoms with Crippen molar-refractivity contribution in [2.24, 2.45) is 0 Å². The second-order valence-electron chi connectivity index (χ2n) is 8.13. The number of hydrogen-bond donors (Lipinski definition) is 4. The summed E-state index contributed by atoms with van der Waals surface area (Å²) >= 11 is 0. The van der Waals surface area contributed by atoms with Crippen LogP contribution in [-0.2, 0) is 14.9 Å².